The Labute approximate surface area is 195 Å². The molecule has 0 atom stereocenters. The summed E-state index contributed by atoms with van der Waals surface area (Å²) in [4.78, 5) is 27.6. The third-order valence-corrected chi connectivity index (χ3v) is 5.68. The number of methoxy groups -OCH3 is 2. The van der Waals surface area contributed by atoms with Crippen molar-refractivity contribution in [2.45, 2.75) is 13.8 Å². The minimum atomic E-state index is -1.02. The van der Waals surface area contributed by atoms with Gasteiger partial charge < -0.3 is 14.8 Å². The Balaban J connectivity index is 1.85. The van der Waals surface area contributed by atoms with E-state index in [0.29, 0.717) is 33.7 Å². The van der Waals surface area contributed by atoms with Crippen LogP contribution in [0.1, 0.15) is 16.7 Å². The predicted molar refractivity (Wildman–Crippen MR) is 125 cm³/mol. The lowest BCUT2D eigenvalue weighted by Gasteiger charge is -2.16. The van der Waals surface area contributed by atoms with Crippen LogP contribution in [0.25, 0.3) is 5.57 Å². The first-order chi connectivity index (χ1) is 16.2. The van der Waals surface area contributed by atoms with E-state index < -0.39 is 23.4 Å². The molecular formula is C26H22F2N2O4. The zero-order valence-corrected chi connectivity index (χ0v) is 19.0. The Morgan fingerprint density at radius 1 is 0.794 bits per heavy atom. The van der Waals surface area contributed by atoms with Gasteiger partial charge in [0, 0.05) is 17.8 Å². The lowest BCUT2D eigenvalue weighted by Crippen LogP contribution is -2.33. The summed E-state index contributed by atoms with van der Waals surface area (Å²) in [6.07, 6.45) is 0. The number of carbonyl (C=O) groups is 2. The van der Waals surface area contributed by atoms with Gasteiger partial charge in [0.2, 0.25) is 0 Å². The van der Waals surface area contributed by atoms with E-state index >= 15 is 0 Å². The monoisotopic (exact) mass is 464 g/mol. The van der Waals surface area contributed by atoms with E-state index in [4.69, 9.17) is 9.47 Å². The van der Waals surface area contributed by atoms with Crippen LogP contribution < -0.4 is 19.7 Å². The molecule has 0 radical (unpaired) electrons. The number of halogens is 2. The highest BCUT2D eigenvalue weighted by molar-refractivity contribution is 6.46. The van der Waals surface area contributed by atoms with E-state index in [1.165, 1.54) is 14.2 Å². The zero-order valence-electron chi connectivity index (χ0n) is 19.0. The van der Waals surface area contributed by atoms with Crippen molar-refractivity contribution < 1.29 is 27.8 Å². The molecule has 0 saturated heterocycles. The number of carbonyl (C=O) groups excluding carboxylic acids is 2. The molecule has 3 aromatic rings. The minimum Gasteiger partial charge on any atom is -0.493 e. The highest BCUT2D eigenvalue weighted by Crippen LogP contribution is 2.37. The molecule has 0 unspecified atom stereocenters. The highest BCUT2D eigenvalue weighted by atomic mass is 19.1. The Morgan fingerprint density at radius 2 is 1.53 bits per heavy atom. The second kappa shape index (κ2) is 8.97. The smallest absolute Gasteiger partial charge is 0.282 e. The van der Waals surface area contributed by atoms with Gasteiger partial charge in [-0.1, -0.05) is 18.2 Å². The van der Waals surface area contributed by atoms with Crippen molar-refractivity contribution in [1.29, 1.82) is 0 Å². The van der Waals surface area contributed by atoms with Gasteiger partial charge in [0.15, 0.2) is 11.5 Å². The quantitative estimate of drug-likeness (QED) is 0.521. The summed E-state index contributed by atoms with van der Waals surface area (Å²) in [5.41, 5.74) is 2.59. The molecule has 0 aliphatic carbocycles. The van der Waals surface area contributed by atoms with Crippen molar-refractivity contribution in [2.75, 3.05) is 24.4 Å². The van der Waals surface area contributed by atoms with Crippen molar-refractivity contribution in [1.82, 2.24) is 0 Å². The SMILES string of the molecule is COc1ccc(NC2=C(c3ccc(C)c(C)c3)C(=O)N(c3ccc(F)cc3F)C2=O)cc1OC. The van der Waals surface area contributed by atoms with E-state index in [9.17, 15) is 18.4 Å². The van der Waals surface area contributed by atoms with E-state index in [0.717, 1.165) is 23.3 Å². The number of amides is 2. The molecule has 174 valence electrons. The molecule has 0 fully saturated rings. The first-order valence-electron chi connectivity index (χ1n) is 10.4. The first kappa shape index (κ1) is 23.0. The molecule has 0 aromatic heterocycles. The van der Waals surface area contributed by atoms with Crippen molar-refractivity contribution in [3.63, 3.8) is 0 Å². The Morgan fingerprint density at radius 3 is 2.18 bits per heavy atom. The van der Waals surface area contributed by atoms with Gasteiger partial charge in [-0.05, 0) is 54.8 Å². The second-order valence-electron chi connectivity index (χ2n) is 7.79. The van der Waals surface area contributed by atoms with Crippen molar-refractivity contribution in [3.8, 4) is 11.5 Å². The molecule has 0 spiro atoms. The molecule has 1 aliphatic heterocycles. The molecule has 34 heavy (non-hydrogen) atoms. The maximum absolute atomic E-state index is 14.6. The summed E-state index contributed by atoms with van der Waals surface area (Å²) < 4.78 is 38.6. The maximum Gasteiger partial charge on any atom is 0.282 e. The summed E-state index contributed by atoms with van der Waals surface area (Å²) in [5.74, 6) is -2.42. The zero-order chi connectivity index (χ0) is 24.6. The third-order valence-electron chi connectivity index (χ3n) is 5.68. The number of benzene rings is 3. The number of nitrogens with zero attached hydrogens (tertiary/aromatic N) is 1. The van der Waals surface area contributed by atoms with E-state index in [1.807, 2.05) is 19.9 Å². The van der Waals surface area contributed by atoms with Crippen molar-refractivity contribution in [2.24, 2.45) is 0 Å². The van der Waals surface area contributed by atoms with Gasteiger partial charge in [-0.3, -0.25) is 9.59 Å². The molecule has 0 saturated carbocycles. The van der Waals surface area contributed by atoms with Crippen molar-refractivity contribution in [3.05, 3.63) is 88.6 Å². The number of nitrogens with one attached hydrogen (secondary N) is 1. The summed E-state index contributed by atoms with van der Waals surface area (Å²) in [7, 11) is 2.98. The molecule has 2 amide bonds. The van der Waals surface area contributed by atoms with Gasteiger partial charge in [-0.2, -0.15) is 0 Å². The molecule has 1 aliphatic rings. The fourth-order valence-electron chi connectivity index (χ4n) is 3.75. The van der Waals surface area contributed by atoms with E-state index in [2.05, 4.69) is 5.32 Å². The number of rotatable bonds is 6. The number of ether oxygens (including phenoxy) is 2. The summed E-state index contributed by atoms with van der Waals surface area (Å²) in [6, 6.07) is 13.0. The van der Waals surface area contributed by atoms with Crippen LogP contribution in [0.4, 0.5) is 20.2 Å². The van der Waals surface area contributed by atoms with Crippen LogP contribution in [-0.2, 0) is 9.59 Å². The van der Waals surface area contributed by atoms with Crippen LogP contribution in [0.5, 0.6) is 11.5 Å². The Kier molecular flexibility index (Phi) is 6.06. The summed E-state index contributed by atoms with van der Waals surface area (Å²) in [5, 5.41) is 3.00. The number of hydrogen-bond donors (Lipinski definition) is 1. The van der Waals surface area contributed by atoms with Crippen LogP contribution in [-0.4, -0.2) is 26.0 Å². The molecule has 1 N–H and O–H groups in total. The topological polar surface area (TPSA) is 67.9 Å². The predicted octanol–water partition coefficient (Wildman–Crippen LogP) is 5.00. The van der Waals surface area contributed by atoms with E-state index in [1.54, 1.807) is 30.3 Å². The van der Waals surface area contributed by atoms with Crippen LogP contribution in [0.15, 0.2) is 60.3 Å². The van der Waals surface area contributed by atoms with Crippen LogP contribution in [0, 0.1) is 25.5 Å². The van der Waals surface area contributed by atoms with Gasteiger partial charge in [0.25, 0.3) is 11.8 Å². The van der Waals surface area contributed by atoms with Gasteiger partial charge >= 0.3 is 0 Å². The number of aryl methyl sites for hydroxylation is 2. The summed E-state index contributed by atoms with van der Waals surface area (Å²) in [6.45, 7) is 3.82. The molecule has 8 heteroatoms. The largest absolute Gasteiger partial charge is 0.493 e. The fraction of sp³-hybridized carbons (Fsp3) is 0.154. The standard InChI is InChI=1S/C26H22F2N2O4/c1-14-5-6-16(11-15(14)2)23-24(29-18-8-10-21(33-3)22(13-18)34-4)26(32)30(25(23)31)20-9-7-17(27)12-19(20)28/h5-13,29H,1-4H3. The normalized spacial score (nSPS) is 13.5. The molecule has 1 heterocycles. The third kappa shape index (κ3) is 3.98. The maximum atomic E-state index is 14.6. The lowest BCUT2D eigenvalue weighted by atomic mass is 9.99. The lowest BCUT2D eigenvalue weighted by molar-refractivity contribution is -0.120. The highest BCUT2D eigenvalue weighted by Gasteiger charge is 2.41. The molecule has 3 aromatic carbocycles. The molecule has 4 rings (SSSR count). The number of imide groups is 1. The Hall–Kier alpha value is -4.20. The molecular weight excluding hydrogens is 442 g/mol. The number of hydrogen-bond acceptors (Lipinski definition) is 5. The van der Waals surface area contributed by atoms with Gasteiger partial charge in [-0.25, -0.2) is 13.7 Å². The van der Waals surface area contributed by atoms with Crippen molar-refractivity contribution >= 4 is 28.8 Å². The average Bonchev–Trinajstić information content (AvgIpc) is 3.05. The van der Waals surface area contributed by atoms with Gasteiger partial charge in [0.1, 0.15) is 17.3 Å². The second-order valence-corrected chi connectivity index (χ2v) is 7.79. The average molecular weight is 464 g/mol. The first-order valence-corrected chi connectivity index (χ1v) is 10.4. The number of anilines is 2. The van der Waals surface area contributed by atoms with Crippen LogP contribution in [0.3, 0.4) is 0 Å². The van der Waals surface area contributed by atoms with E-state index in [-0.39, 0.29) is 17.0 Å². The molecule has 6 nitrogen and oxygen atoms in total. The summed E-state index contributed by atoms with van der Waals surface area (Å²) >= 11 is 0. The van der Waals surface area contributed by atoms with Crippen LogP contribution in [0.2, 0.25) is 0 Å². The molecule has 0 bridgehead atoms. The Bertz CT molecular complexity index is 1350. The fourth-order valence-corrected chi connectivity index (χ4v) is 3.75. The van der Waals surface area contributed by atoms with Crippen LogP contribution >= 0.6 is 0 Å². The minimum absolute atomic E-state index is 0.0378. The van der Waals surface area contributed by atoms with Gasteiger partial charge in [0.05, 0.1) is 25.5 Å². The van der Waals surface area contributed by atoms with Gasteiger partial charge in [-0.15, -0.1) is 0 Å².